The minimum atomic E-state index is 0.759. The lowest BCUT2D eigenvalue weighted by atomic mass is 10.1. The van der Waals surface area contributed by atoms with Crippen molar-refractivity contribution in [2.24, 2.45) is 10.9 Å². The monoisotopic (exact) mass is 254 g/mol. The molecule has 0 aromatic rings. The molecule has 0 fully saturated rings. The predicted molar refractivity (Wildman–Crippen MR) is 54.6 cm³/mol. The first-order valence-electron chi connectivity index (χ1n) is 3.55. The first-order valence-corrected chi connectivity index (χ1v) is 4.51. The Morgan fingerprint density at radius 3 is 2.70 bits per heavy atom. The molecular formula is C7H15IN2. The van der Waals surface area contributed by atoms with Gasteiger partial charge in [0.15, 0.2) is 0 Å². The second kappa shape index (κ2) is 5.95. The van der Waals surface area contributed by atoms with Gasteiger partial charge in [0, 0.05) is 13.6 Å². The summed E-state index contributed by atoms with van der Waals surface area (Å²) in [5.41, 5.74) is 0. The number of aliphatic imine (C=N–C) groups is 1. The Morgan fingerprint density at radius 1 is 1.70 bits per heavy atom. The molecule has 1 atom stereocenters. The van der Waals surface area contributed by atoms with Crippen molar-refractivity contribution in [2.75, 3.05) is 13.6 Å². The predicted octanol–water partition coefficient (Wildman–Crippen LogP) is 2.34. The summed E-state index contributed by atoms with van der Waals surface area (Å²) in [4.78, 5) is 3.92. The van der Waals surface area contributed by atoms with E-state index in [9.17, 15) is 0 Å². The zero-order valence-corrected chi connectivity index (χ0v) is 9.00. The fourth-order valence-corrected chi connectivity index (χ4v) is 1.52. The summed E-state index contributed by atoms with van der Waals surface area (Å²) in [7, 11) is 1.79. The van der Waals surface area contributed by atoms with Gasteiger partial charge in [-0.25, -0.2) is 0 Å². The second-order valence-corrected chi connectivity index (χ2v) is 3.71. The van der Waals surface area contributed by atoms with Gasteiger partial charge < -0.3 is 3.11 Å². The summed E-state index contributed by atoms with van der Waals surface area (Å²) in [5, 5.41) is 0. The molecule has 1 unspecified atom stereocenters. The molecular weight excluding hydrogens is 239 g/mol. The molecule has 3 heteroatoms. The first-order chi connectivity index (χ1) is 4.70. The minimum Gasteiger partial charge on any atom is -0.305 e. The van der Waals surface area contributed by atoms with Crippen LogP contribution in [0, 0.1) is 5.92 Å². The molecule has 0 saturated carbocycles. The Balaban J connectivity index is 3.46. The van der Waals surface area contributed by atoms with Crippen LogP contribution in [0.15, 0.2) is 4.99 Å². The van der Waals surface area contributed by atoms with Crippen LogP contribution in [0.1, 0.15) is 20.3 Å². The summed E-state index contributed by atoms with van der Waals surface area (Å²) in [6, 6.07) is 0. The van der Waals surface area contributed by atoms with E-state index in [1.807, 2.05) is 6.34 Å². The lowest BCUT2D eigenvalue weighted by Crippen LogP contribution is -2.16. The third-order valence-electron chi connectivity index (χ3n) is 1.42. The molecule has 0 aromatic heterocycles. The quantitative estimate of drug-likeness (QED) is 0.325. The van der Waals surface area contributed by atoms with E-state index in [-0.39, 0.29) is 0 Å². The molecule has 0 rings (SSSR count). The van der Waals surface area contributed by atoms with Gasteiger partial charge in [0.1, 0.15) is 0 Å². The van der Waals surface area contributed by atoms with Gasteiger partial charge in [-0.05, 0) is 5.92 Å². The van der Waals surface area contributed by atoms with Gasteiger partial charge in [-0.15, -0.1) is 0 Å². The Morgan fingerprint density at radius 2 is 2.30 bits per heavy atom. The highest BCUT2D eigenvalue weighted by atomic mass is 127. The average Bonchev–Trinajstić information content (AvgIpc) is 1.88. The summed E-state index contributed by atoms with van der Waals surface area (Å²) in [5.74, 6) is 0.759. The maximum Gasteiger partial charge on any atom is 0.0933 e. The van der Waals surface area contributed by atoms with Gasteiger partial charge >= 0.3 is 0 Å². The van der Waals surface area contributed by atoms with Crippen molar-refractivity contribution in [3.8, 4) is 0 Å². The maximum atomic E-state index is 3.92. The van der Waals surface area contributed by atoms with Crippen LogP contribution in [0.5, 0.6) is 0 Å². The smallest absolute Gasteiger partial charge is 0.0933 e. The standard InChI is InChI=1S/C7H15IN2/c1-4-7(2)5-10(8)6-9-3/h6-7H,4-5H2,1-3H3/b9-6-. The van der Waals surface area contributed by atoms with Gasteiger partial charge in [0.05, 0.1) is 29.2 Å². The molecule has 0 bridgehead atoms. The van der Waals surface area contributed by atoms with Crippen molar-refractivity contribution >= 4 is 29.2 Å². The summed E-state index contributed by atoms with van der Waals surface area (Å²) in [6.07, 6.45) is 3.09. The zero-order valence-electron chi connectivity index (χ0n) is 6.84. The minimum absolute atomic E-state index is 0.759. The lowest BCUT2D eigenvalue weighted by Gasteiger charge is -2.14. The number of nitrogens with zero attached hydrogens (tertiary/aromatic N) is 2. The van der Waals surface area contributed by atoms with E-state index in [1.165, 1.54) is 6.42 Å². The van der Waals surface area contributed by atoms with Crippen molar-refractivity contribution in [3.05, 3.63) is 0 Å². The second-order valence-electron chi connectivity index (χ2n) is 2.47. The molecule has 2 nitrogen and oxygen atoms in total. The van der Waals surface area contributed by atoms with E-state index < -0.39 is 0 Å². The van der Waals surface area contributed by atoms with Crippen LogP contribution in [-0.4, -0.2) is 23.0 Å². The average molecular weight is 254 g/mol. The Bertz CT molecular complexity index is 104. The number of hydrogen-bond donors (Lipinski definition) is 0. The van der Waals surface area contributed by atoms with E-state index in [4.69, 9.17) is 0 Å². The first kappa shape index (κ1) is 10.2. The van der Waals surface area contributed by atoms with Crippen molar-refractivity contribution in [2.45, 2.75) is 20.3 Å². The summed E-state index contributed by atoms with van der Waals surface area (Å²) < 4.78 is 2.09. The van der Waals surface area contributed by atoms with Crippen LogP contribution in [0.2, 0.25) is 0 Å². The Hall–Kier alpha value is 0.200. The van der Waals surface area contributed by atoms with Crippen LogP contribution in [0.4, 0.5) is 0 Å². The fourth-order valence-electron chi connectivity index (χ4n) is 0.599. The number of halogens is 1. The van der Waals surface area contributed by atoms with Crippen molar-refractivity contribution in [3.63, 3.8) is 0 Å². The molecule has 0 saturated heterocycles. The van der Waals surface area contributed by atoms with E-state index in [0.29, 0.717) is 0 Å². The van der Waals surface area contributed by atoms with E-state index in [0.717, 1.165) is 12.5 Å². The molecule has 0 spiro atoms. The van der Waals surface area contributed by atoms with Gasteiger partial charge in [0.2, 0.25) is 0 Å². The van der Waals surface area contributed by atoms with Crippen LogP contribution in [0.25, 0.3) is 0 Å². The summed E-state index contributed by atoms with van der Waals surface area (Å²) in [6.45, 7) is 5.54. The van der Waals surface area contributed by atoms with Crippen LogP contribution in [-0.2, 0) is 0 Å². The molecule has 0 aliphatic carbocycles. The third-order valence-corrected chi connectivity index (χ3v) is 2.07. The highest BCUT2D eigenvalue weighted by Crippen LogP contribution is 2.05. The topological polar surface area (TPSA) is 15.6 Å². The van der Waals surface area contributed by atoms with Gasteiger partial charge in [-0.2, -0.15) is 0 Å². The van der Waals surface area contributed by atoms with Crippen LogP contribution < -0.4 is 0 Å². The molecule has 0 heterocycles. The Labute approximate surface area is 77.2 Å². The van der Waals surface area contributed by atoms with E-state index in [1.54, 1.807) is 7.05 Å². The molecule has 0 N–H and O–H groups in total. The molecule has 0 aromatic carbocycles. The third kappa shape index (κ3) is 5.02. The van der Waals surface area contributed by atoms with Gasteiger partial charge in [-0.1, -0.05) is 20.3 Å². The van der Waals surface area contributed by atoms with Gasteiger partial charge in [-0.3, -0.25) is 4.99 Å². The molecule has 60 valence electrons. The maximum absolute atomic E-state index is 3.92. The largest absolute Gasteiger partial charge is 0.305 e. The number of rotatable bonds is 4. The molecule has 10 heavy (non-hydrogen) atoms. The molecule has 0 amide bonds. The lowest BCUT2D eigenvalue weighted by molar-refractivity contribution is 0.496. The number of hydrogen-bond acceptors (Lipinski definition) is 1. The van der Waals surface area contributed by atoms with Crippen molar-refractivity contribution in [1.29, 1.82) is 0 Å². The molecule has 0 aliphatic heterocycles. The van der Waals surface area contributed by atoms with Crippen molar-refractivity contribution < 1.29 is 0 Å². The summed E-state index contributed by atoms with van der Waals surface area (Å²) >= 11 is 2.26. The zero-order chi connectivity index (χ0) is 7.98. The molecule has 0 radical (unpaired) electrons. The van der Waals surface area contributed by atoms with Gasteiger partial charge in [0.25, 0.3) is 0 Å². The molecule has 0 aliphatic rings. The fraction of sp³-hybridized carbons (Fsp3) is 0.857. The van der Waals surface area contributed by atoms with Crippen LogP contribution >= 0.6 is 22.9 Å². The normalized spacial score (nSPS) is 14.0. The SMILES string of the molecule is CCC(C)CN(I)/C=N\C. The Kier molecular flexibility index (Phi) is 6.06. The van der Waals surface area contributed by atoms with Crippen molar-refractivity contribution in [1.82, 2.24) is 3.11 Å². The highest BCUT2D eigenvalue weighted by Gasteiger charge is 2.00. The van der Waals surface area contributed by atoms with E-state index >= 15 is 0 Å². The highest BCUT2D eigenvalue weighted by molar-refractivity contribution is 14.1. The van der Waals surface area contributed by atoms with Crippen LogP contribution in [0.3, 0.4) is 0 Å². The van der Waals surface area contributed by atoms with E-state index in [2.05, 4.69) is 44.8 Å².